The van der Waals surface area contributed by atoms with Gasteiger partial charge in [-0.1, -0.05) is 6.07 Å². The second kappa shape index (κ2) is 13.2. The second-order valence-corrected chi connectivity index (χ2v) is 12.1. The highest BCUT2D eigenvalue weighted by atomic mass is 32.2. The van der Waals surface area contributed by atoms with E-state index in [4.69, 9.17) is 4.74 Å². The number of sulfonamides is 1. The minimum Gasteiger partial charge on any atom is -0.439 e. The number of carbonyl (C=O) groups excluding carboxylic acids is 1. The second-order valence-electron chi connectivity index (χ2n) is 10.4. The predicted molar refractivity (Wildman–Crippen MR) is 162 cm³/mol. The Kier molecular flexibility index (Phi) is 9.17. The standard InChI is InChI=1S/C31H31F2N5O4S/c1-43(40,41)37-26-8-10-27(11-9-26)42-30-13-2-21(19-34-30)20-38-16-14-25(15-17-38)35-24-6-3-22(4-7-24)31(39)36-29-12-5-23(32)18-28(29)33/h2-13,18-19,25,35,37H,14-17,20H2,1H3,(H,36,39). The summed E-state index contributed by atoms with van der Waals surface area (Å²) in [4.78, 5) is 19.2. The van der Waals surface area contributed by atoms with Crippen molar-refractivity contribution < 1.29 is 26.7 Å². The van der Waals surface area contributed by atoms with Crippen LogP contribution in [0.2, 0.25) is 0 Å². The summed E-state index contributed by atoms with van der Waals surface area (Å²) in [5.41, 5.74) is 2.71. The molecule has 0 spiro atoms. The zero-order valence-electron chi connectivity index (χ0n) is 23.4. The molecule has 0 aliphatic carbocycles. The van der Waals surface area contributed by atoms with Crippen molar-refractivity contribution in [2.45, 2.75) is 25.4 Å². The number of rotatable bonds is 10. The van der Waals surface area contributed by atoms with Crippen molar-refractivity contribution in [3.63, 3.8) is 0 Å². The van der Waals surface area contributed by atoms with Crippen LogP contribution in [0.25, 0.3) is 0 Å². The first kappa shape index (κ1) is 29.9. The first-order valence-corrected chi connectivity index (χ1v) is 15.5. The molecule has 1 amide bonds. The van der Waals surface area contributed by atoms with Gasteiger partial charge in [0.25, 0.3) is 5.91 Å². The van der Waals surface area contributed by atoms with E-state index in [2.05, 4.69) is 25.2 Å². The Hall–Kier alpha value is -4.55. The number of benzene rings is 3. The number of carbonyl (C=O) groups is 1. The topological polar surface area (TPSA) is 113 Å². The Labute approximate surface area is 249 Å². The van der Waals surface area contributed by atoms with Crippen LogP contribution in [0.1, 0.15) is 28.8 Å². The van der Waals surface area contributed by atoms with Crippen LogP contribution in [0.5, 0.6) is 11.6 Å². The van der Waals surface area contributed by atoms with Gasteiger partial charge in [-0.3, -0.25) is 14.4 Å². The first-order valence-electron chi connectivity index (χ1n) is 13.7. The average Bonchev–Trinajstić information content (AvgIpc) is 2.97. The molecule has 12 heteroatoms. The van der Waals surface area contributed by atoms with Crippen LogP contribution >= 0.6 is 0 Å². The highest BCUT2D eigenvalue weighted by Crippen LogP contribution is 2.24. The lowest BCUT2D eigenvalue weighted by Crippen LogP contribution is -2.38. The van der Waals surface area contributed by atoms with E-state index in [-0.39, 0.29) is 11.7 Å². The predicted octanol–water partition coefficient (Wildman–Crippen LogP) is 5.85. The SMILES string of the molecule is CS(=O)(=O)Nc1ccc(Oc2ccc(CN3CCC(Nc4ccc(C(=O)Nc5ccc(F)cc5F)cc4)CC3)cn2)cc1. The van der Waals surface area contributed by atoms with Crippen LogP contribution in [0.3, 0.4) is 0 Å². The molecule has 0 unspecified atom stereocenters. The van der Waals surface area contributed by atoms with Crippen molar-refractivity contribution >= 4 is 33.0 Å². The Morgan fingerprint density at radius 1 is 0.953 bits per heavy atom. The van der Waals surface area contributed by atoms with E-state index in [1.54, 1.807) is 42.6 Å². The number of ether oxygens (including phenoxy) is 1. The maximum absolute atomic E-state index is 13.8. The number of piperidine rings is 1. The molecule has 3 N–H and O–H groups in total. The molecule has 4 aromatic rings. The van der Waals surface area contributed by atoms with E-state index in [0.717, 1.165) is 62.1 Å². The Balaban J connectivity index is 1.05. The van der Waals surface area contributed by atoms with E-state index in [9.17, 15) is 22.0 Å². The monoisotopic (exact) mass is 607 g/mol. The summed E-state index contributed by atoms with van der Waals surface area (Å²) in [5, 5.41) is 5.98. The third-order valence-electron chi connectivity index (χ3n) is 6.87. The maximum Gasteiger partial charge on any atom is 0.255 e. The summed E-state index contributed by atoms with van der Waals surface area (Å²) in [5.74, 6) is -1.01. The molecule has 0 radical (unpaired) electrons. The van der Waals surface area contributed by atoms with Crippen molar-refractivity contribution in [2.75, 3.05) is 34.7 Å². The van der Waals surface area contributed by atoms with Crippen molar-refractivity contribution in [3.05, 3.63) is 108 Å². The number of halogens is 2. The van der Waals surface area contributed by atoms with Gasteiger partial charge in [0.05, 0.1) is 11.9 Å². The van der Waals surface area contributed by atoms with Gasteiger partial charge in [0.15, 0.2) is 0 Å². The van der Waals surface area contributed by atoms with E-state index < -0.39 is 27.6 Å². The molecule has 0 bridgehead atoms. The molecule has 1 saturated heterocycles. The summed E-state index contributed by atoms with van der Waals surface area (Å²) < 4.78 is 57.8. The molecule has 3 aromatic carbocycles. The molecule has 9 nitrogen and oxygen atoms in total. The van der Waals surface area contributed by atoms with E-state index in [1.807, 2.05) is 24.3 Å². The number of nitrogens with zero attached hydrogens (tertiary/aromatic N) is 2. The molecular formula is C31H31F2N5O4S. The van der Waals surface area contributed by atoms with Crippen molar-refractivity contribution in [1.29, 1.82) is 0 Å². The Bertz CT molecular complexity index is 1660. The largest absolute Gasteiger partial charge is 0.439 e. The molecule has 43 heavy (non-hydrogen) atoms. The summed E-state index contributed by atoms with van der Waals surface area (Å²) in [7, 11) is -3.34. The number of hydrogen-bond acceptors (Lipinski definition) is 7. The van der Waals surface area contributed by atoms with Crippen LogP contribution < -0.4 is 20.1 Å². The highest BCUT2D eigenvalue weighted by Gasteiger charge is 2.20. The normalized spacial score (nSPS) is 14.2. The van der Waals surface area contributed by atoms with Gasteiger partial charge in [-0.25, -0.2) is 22.2 Å². The quantitative estimate of drug-likeness (QED) is 0.207. The van der Waals surface area contributed by atoms with Gasteiger partial charge in [-0.15, -0.1) is 0 Å². The van der Waals surface area contributed by atoms with Gasteiger partial charge in [0.1, 0.15) is 17.4 Å². The van der Waals surface area contributed by atoms with Crippen LogP contribution in [-0.2, 0) is 16.6 Å². The number of pyridine rings is 1. The number of aromatic nitrogens is 1. The molecule has 0 saturated carbocycles. The molecule has 2 heterocycles. The molecule has 0 atom stereocenters. The van der Waals surface area contributed by atoms with E-state index in [0.29, 0.717) is 22.9 Å². The molecular weight excluding hydrogens is 576 g/mol. The van der Waals surface area contributed by atoms with Crippen molar-refractivity contribution in [2.24, 2.45) is 0 Å². The van der Waals surface area contributed by atoms with Gasteiger partial charge in [-0.2, -0.15) is 0 Å². The lowest BCUT2D eigenvalue weighted by Gasteiger charge is -2.32. The van der Waals surface area contributed by atoms with Crippen LogP contribution in [0, 0.1) is 11.6 Å². The zero-order chi connectivity index (χ0) is 30.4. The molecule has 224 valence electrons. The summed E-state index contributed by atoms with van der Waals surface area (Å²) >= 11 is 0. The zero-order valence-corrected chi connectivity index (χ0v) is 24.2. The number of anilines is 3. The average molecular weight is 608 g/mol. The third-order valence-corrected chi connectivity index (χ3v) is 7.48. The van der Waals surface area contributed by atoms with Crippen LogP contribution in [0.4, 0.5) is 25.8 Å². The molecule has 1 aromatic heterocycles. The van der Waals surface area contributed by atoms with Crippen LogP contribution in [0.15, 0.2) is 85.1 Å². The van der Waals surface area contributed by atoms with Crippen LogP contribution in [-0.4, -0.2) is 49.6 Å². The number of nitrogens with one attached hydrogen (secondary N) is 3. The molecule has 1 aliphatic rings. The summed E-state index contributed by atoms with van der Waals surface area (Å²) in [6.07, 6.45) is 4.79. The third kappa shape index (κ3) is 8.72. The van der Waals surface area contributed by atoms with Crippen molar-refractivity contribution in [1.82, 2.24) is 9.88 Å². The van der Waals surface area contributed by atoms with E-state index in [1.165, 1.54) is 6.07 Å². The first-order chi connectivity index (χ1) is 20.6. The van der Waals surface area contributed by atoms with E-state index >= 15 is 0 Å². The lowest BCUT2D eigenvalue weighted by atomic mass is 10.0. The number of likely N-dealkylation sites (tertiary alicyclic amines) is 1. The smallest absolute Gasteiger partial charge is 0.255 e. The van der Waals surface area contributed by atoms with Gasteiger partial charge >= 0.3 is 0 Å². The van der Waals surface area contributed by atoms with Gasteiger partial charge in [-0.05, 0) is 79.1 Å². The minimum absolute atomic E-state index is 0.0750. The van der Waals surface area contributed by atoms with Crippen molar-refractivity contribution in [3.8, 4) is 11.6 Å². The Morgan fingerprint density at radius 3 is 2.28 bits per heavy atom. The highest BCUT2D eigenvalue weighted by molar-refractivity contribution is 7.92. The summed E-state index contributed by atoms with van der Waals surface area (Å²) in [6.45, 7) is 2.59. The minimum atomic E-state index is -3.34. The Morgan fingerprint density at radius 2 is 1.65 bits per heavy atom. The maximum atomic E-state index is 13.8. The fourth-order valence-electron chi connectivity index (χ4n) is 4.72. The molecule has 1 fully saturated rings. The number of amides is 1. The lowest BCUT2D eigenvalue weighted by molar-refractivity contribution is 0.102. The van der Waals surface area contributed by atoms with Gasteiger partial charge in [0, 0.05) is 60.9 Å². The summed E-state index contributed by atoms with van der Waals surface area (Å²) in [6, 6.07) is 20.6. The van der Waals surface area contributed by atoms with Gasteiger partial charge in [0.2, 0.25) is 15.9 Å². The fourth-order valence-corrected chi connectivity index (χ4v) is 5.29. The van der Waals surface area contributed by atoms with Gasteiger partial charge < -0.3 is 15.4 Å². The molecule has 1 aliphatic heterocycles. The number of hydrogen-bond donors (Lipinski definition) is 3. The molecule has 5 rings (SSSR count). The fraction of sp³-hybridized carbons (Fsp3) is 0.226.